The number of benzene rings is 3. The molecule has 1 heterocycles. The highest BCUT2D eigenvalue weighted by atomic mass is 32.2. The number of ether oxygens (including phenoxy) is 1. The lowest BCUT2D eigenvalue weighted by Crippen LogP contribution is -2.57. The van der Waals surface area contributed by atoms with Gasteiger partial charge in [0, 0.05) is 5.69 Å². The molecule has 0 aromatic heterocycles. The minimum absolute atomic E-state index is 0.0431. The van der Waals surface area contributed by atoms with E-state index < -0.39 is 0 Å². The van der Waals surface area contributed by atoms with Crippen molar-refractivity contribution in [1.29, 1.82) is 0 Å². The highest BCUT2D eigenvalue weighted by Crippen LogP contribution is 2.45. The SMILES string of the molecule is COc1ccc([C@@H]2C(SCCc3ccccc3)C(=O)N2c2ccccc2)cc1. The Balaban J connectivity index is 1.53. The number of para-hydroxylation sites is 1. The largest absolute Gasteiger partial charge is 0.497 e. The summed E-state index contributed by atoms with van der Waals surface area (Å²) in [4.78, 5) is 14.9. The molecule has 0 aliphatic carbocycles. The minimum Gasteiger partial charge on any atom is -0.497 e. The van der Waals surface area contributed by atoms with Crippen molar-refractivity contribution in [3.8, 4) is 5.75 Å². The molecule has 142 valence electrons. The van der Waals surface area contributed by atoms with E-state index in [1.807, 2.05) is 53.4 Å². The fraction of sp³-hybridized carbons (Fsp3) is 0.208. The zero-order valence-corrected chi connectivity index (χ0v) is 16.6. The molecule has 1 saturated heterocycles. The molecule has 1 amide bonds. The zero-order valence-electron chi connectivity index (χ0n) is 15.8. The van der Waals surface area contributed by atoms with Crippen LogP contribution >= 0.6 is 11.8 Å². The van der Waals surface area contributed by atoms with Gasteiger partial charge >= 0.3 is 0 Å². The number of aryl methyl sites for hydroxylation is 1. The summed E-state index contributed by atoms with van der Waals surface area (Å²) >= 11 is 1.75. The summed E-state index contributed by atoms with van der Waals surface area (Å²) < 4.78 is 5.29. The Hall–Kier alpha value is -2.72. The Bertz CT molecular complexity index is 912. The molecule has 0 saturated carbocycles. The van der Waals surface area contributed by atoms with E-state index in [9.17, 15) is 4.79 Å². The van der Waals surface area contributed by atoms with E-state index in [4.69, 9.17) is 4.74 Å². The van der Waals surface area contributed by atoms with Gasteiger partial charge in [-0.1, -0.05) is 60.7 Å². The quantitative estimate of drug-likeness (QED) is 0.525. The number of carbonyl (C=O) groups is 1. The van der Waals surface area contributed by atoms with Gasteiger partial charge < -0.3 is 9.64 Å². The third-order valence-corrected chi connectivity index (χ3v) is 6.33. The van der Waals surface area contributed by atoms with Crippen LogP contribution < -0.4 is 9.64 Å². The average Bonchev–Trinajstić information content (AvgIpc) is 2.76. The number of hydrogen-bond acceptors (Lipinski definition) is 3. The van der Waals surface area contributed by atoms with Crippen molar-refractivity contribution >= 4 is 23.4 Å². The van der Waals surface area contributed by atoms with Gasteiger partial charge in [-0.05, 0) is 47.6 Å². The number of hydrogen-bond donors (Lipinski definition) is 0. The highest BCUT2D eigenvalue weighted by molar-refractivity contribution is 8.00. The van der Waals surface area contributed by atoms with Crippen LogP contribution in [0.25, 0.3) is 0 Å². The van der Waals surface area contributed by atoms with Gasteiger partial charge in [-0.3, -0.25) is 4.79 Å². The first kappa shape index (κ1) is 18.6. The van der Waals surface area contributed by atoms with Gasteiger partial charge in [0.15, 0.2) is 0 Å². The number of β-lactam (4-membered cyclic amide) rings is 1. The maximum Gasteiger partial charge on any atom is 0.243 e. The average molecular weight is 390 g/mol. The first-order valence-corrected chi connectivity index (χ1v) is 10.5. The predicted molar refractivity (Wildman–Crippen MR) is 116 cm³/mol. The zero-order chi connectivity index (χ0) is 19.3. The molecule has 0 bridgehead atoms. The maximum absolute atomic E-state index is 13.0. The van der Waals surface area contributed by atoms with Crippen LogP contribution in [-0.4, -0.2) is 24.0 Å². The molecule has 1 aliphatic rings. The molecular formula is C24H23NO2S. The van der Waals surface area contributed by atoms with E-state index in [1.165, 1.54) is 5.56 Å². The summed E-state index contributed by atoms with van der Waals surface area (Å²) in [5.41, 5.74) is 3.40. The van der Waals surface area contributed by atoms with Crippen molar-refractivity contribution in [2.24, 2.45) is 0 Å². The van der Waals surface area contributed by atoms with Gasteiger partial charge in [0.05, 0.1) is 13.2 Å². The molecule has 1 fully saturated rings. The Morgan fingerprint density at radius 3 is 2.18 bits per heavy atom. The molecule has 3 nitrogen and oxygen atoms in total. The molecule has 0 N–H and O–H groups in total. The van der Waals surface area contributed by atoms with Crippen LogP contribution in [0.2, 0.25) is 0 Å². The molecule has 0 radical (unpaired) electrons. The van der Waals surface area contributed by atoms with Crippen molar-refractivity contribution < 1.29 is 9.53 Å². The smallest absolute Gasteiger partial charge is 0.243 e. The number of methoxy groups -OCH3 is 1. The highest BCUT2D eigenvalue weighted by Gasteiger charge is 2.48. The first-order valence-electron chi connectivity index (χ1n) is 9.45. The number of thioether (sulfide) groups is 1. The topological polar surface area (TPSA) is 29.5 Å². The Kier molecular flexibility index (Phi) is 5.68. The van der Waals surface area contributed by atoms with E-state index in [0.29, 0.717) is 0 Å². The van der Waals surface area contributed by atoms with Crippen LogP contribution in [-0.2, 0) is 11.2 Å². The number of rotatable bonds is 7. The van der Waals surface area contributed by atoms with Crippen LogP contribution in [0.15, 0.2) is 84.9 Å². The molecule has 1 aliphatic heterocycles. The van der Waals surface area contributed by atoms with E-state index in [1.54, 1.807) is 18.9 Å². The summed E-state index contributed by atoms with van der Waals surface area (Å²) in [6.45, 7) is 0. The summed E-state index contributed by atoms with van der Waals surface area (Å²) in [7, 11) is 1.67. The van der Waals surface area contributed by atoms with Gasteiger partial charge in [0.2, 0.25) is 5.91 Å². The third-order valence-electron chi connectivity index (χ3n) is 5.07. The second-order valence-corrected chi connectivity index (χ2v) is 8.04. The molecule has 28 heavy (non-hydrogen) atoms. The Morgan fingerprint density at radius 1 is 0.893 bits per heavy atom. The number of nitrogens with zero attached hydrogens (tertiary/aromatic N) is 1. The fourth-order valence-electron chi connectivity index (χ4n) is 3.57. The minimum atomic E-state index is -0.0580. The standard InChI is InChI=1S/C24H23NO2S/c1-27-21-14-12-19(13-15-21)22-23(28-17-16-18-8-4-2-5-9-18)24(26)25(22)20-10-6-3-7-11-20/h2-15,22-23H,16-17H2,1H3/t22-,23?/m1/s1. The van der Waals surface area contributed by atoms with Crippen molar-refractivity contribution in [1.82, 2.24) is 0 Å². The summed E-state index contributed by atoms with van der Waals surface area (Å²) in [6.07, 6.45) is 0.968. The normalized spacial score (nSPS) is 18.6. The summed E-state index contributed by atoms with van der Waals surface area (Å²) in [5.74, 6) is 1.94. The van der Waals surface area contributed by atoms with E-state index in [2.05, 4.69) is 36.4 Å². The molecule has 4 rings (SSSR count). The van der Waals surface area contributed by atoms with Crippen LogP contribution in [0, 0.1) is 0 Å². The molecule has 1 unspecified atom stereocenters. The third kappa shape index (κ3) is 3.78. The van der Waals surface area contributed by atoms with Crippen LogP contribution in [0.3, 0.4) is 0 Å². The lowest BCUT2D eigenvalue weighted by atomic mass is 9.92. The van der Waals surface area contributed by atoms with Gasteiger partial charge in [0.1, 0.15) is 11.0 Å². The summed E-state index contributed by atoms with van der Waals surface area (Å²) in [6, 6.07) is 28.5. The van der Waals surface area contributed by atoms with Gasteiger partial charge in [-0.15, -0.1) is 11.8 Å². The molecular weight excluding hydrogens is 366 g/mol. The molecule has 3 aromatic carbocycles. The second-order valence-electron chi connectivity index (χ2n) is 6.79. The Morgan fingerprint density at radius 2 is 1.54 bits per heavy atom. The van der Waals surface area contributed by atoms with Crippen molar-refractivity contribution in [3.63, 3.8) is 0 Å². The van der Waals surface area contributed by atoms with Crippen molar-refractivity contribution in [2.45, 2.75) is 17.7 Å². The summed E-state index contributed by atoms with van der Waals surface area (Å²) in [5, 5.41) is -0.0580. The number of amides is 1. The first-order chi connectivity index (χ1) is 13.8. The van der Waals surface area contributed by atoms with Crippen LogP contribution in [0.5, 0.6) is 5.75 Å². The van der Waals surface area contributed by atoms with Crippen LogP contribution in [0.1, 0.15) is 17.2 Å². The molecule has 0 spiro atoms. The van der Waals surface area contributed by atoms with Crippen LogP contribution in [0.4, 0.5) is 5.69 Å². The monoisotopic (exact) mass is 389 g/mol. The second kappa shape index (κ2) is 8.53. The predicted octanol–water partition coefficient (Wildman–Crippen LogP) is 5.13. The van der Waals surface area contributed by atoms with E-state index in [0.717, 1.165) is 29.2 Å². The van der Waals surface area contributed by atoms with Gasteiger partial charge in [-0.25, -0.2) is 0 Å². The van der Waals surface area contributed by atoms with Gasteiger partial charge in [0.25, 0.3) is 0 Å². The van der Waals surface area contributed by atoms with Crippen molar-refractivity contribution in [2.75, 3.05) is 17.8 Å². The van der Waals surface area contributed by atoms with E-state index >= 15 is 0 Å². The number of carbonyl (C=O) groups excluding carboxylic acids is 1. The Labute approximate surface area is 170 Å². The number of anilines is 1. The maximum atomic E-state index is 13.0. The van der Waals surface area contributed by atoms with Gasteiger partial charge in [-0.2, -0.15) is 0 Å². The van der Waals surface area contributed by atoms with E-state index in [-0.39, 0.29) is 17.2 Å². The lowest BCUT2D eigenvalue weighted by Gasteiger charge is -2.47. The molecule has 4 heteroatoms. The molecule has 2 atom stereocenters. The lowest BCUT2D eigenvalue weighted by molar-refractivity contribution is -0.123. The van der Waals surface area contributed by atoms with Crippen molar-refractivity contribution in [3.05, 3.63) is 96.1 Å². The fourth-order valence-corrected chi connectivity index (χ4v) is 4.90. The molecule has 3 aromatic rings.